The molecule has 1 unspecified atom stereocenters. The Morgan fingerprint density at radius 1 is 1.25 bits per heavy atom. The molecule has 0 aromatic carbocycles. The molecule has 0 bridgehead atoms. The molecule has 0 saturated carbocycles. The van der Waals surface area contributed by atoms with Gasteiger partial charge in [-0.25, -0.2) is 0 Å². The number of thiophene rings is 1. The first-order valence-corrected chi connectivity index (χ1v) is 6.85. The zero-order valence-corrected chi connectivity index (χ0v) is 11.6. The molecule has 92 valence electrons. The lowest BCUT2D eigenvalue weighted by Crippen LogP contribution is -2.14. The van der Waals surface area contributed by atoms with E-state index in [2.05, 4.69) is 45.1 Å². The van der Waals surface area contributed by atoms with E-state index in [1.54, 1.807) is 0 Å². The third-order valence-corrected chi connectivity index (χ3v) is 3.75. The second-order valence-corrected chi connectivity index (χ2v) is 5.66. The number of hydrogen-bond donors (Lipinski definition) is 1. The summed E-state index contributed by atoms with van der Waals surface area (Å²) in [5.74, 6) is 0.584. The van der Waals surface area contributed by atoms with E-state index in [1.807, 2.05) is 11.3 Å². The third-order valence-electron chi connectivity index (χ3n) is 2.69. The van der Waals surface area contributed by atoms with Crippen LogP contribution in [0.4, 0.5) is 0 Å². The van der Waals surface area contributed by atoms with Crippen LogP contribution in [0.15, 0.2) is 12.1 Å². The third kappa shape index (κ3) is 4.64. The van der Waals surface area contributed by atoms with Gasteiger partial charge in [0.05, 0.1) is 12.7 Å². The van der Waals surface area contributed by atoms with Crippen molar-refractivity contribution in [2.45, 2.75) is 47.0 Å². The van der Waals surface area contributed by atoms with E-state index < -0.39 is 0 Å². The lowest BCUT2D eigenvalue weighted by atomic mass is 10.1. The van der Waals surface area contributed by atoms with Gasteiger partial charge >= 0.3 is 0 Å². The molecule has 0 fully saturated rings. The number of ether oxygens (including phenoxy) is 1. The molecule has 0 amide bonds. The van der Waals surface area contributed by atoms with Crippen molar-refractivity contribution in [1.29, 1.82) is 0 Å². The summed E-state index contributed by atoms with van der Waals surface area (Å²) in [4.78, 5) is 2.71. The van der Waals surface area contributed by atoms with Crippen LogP contribution in [0.25, 0.3) is 0 Å². The minimum atomic E-state index is 0.333. The first-order chi connectivity index (χ1) is 7.63. The van der Waals surface area contributed by atoms with Gasteiger partial charge < -0.3 is 10.1 Å². The highest BCUT2D eigenvalue weighted by atomic mass is 32.1. The largest absolute Gasteiger partial charge is 0.373 e. The molecule has 0 saturated heterocycles. The molecule has 0 aliphatic rings. The Balaban J connectivity index is 2.34. The van der Waals surface area contributed by atoms with Crippen LogP contribution in [0, 0.1) is 5.92 Å². The summed E-state index contributed by atoms with van der Waals surface area (Å²) in [6.45, 7) is 11.4. The van der Waals surface area contributed by atoms with Gasteiger partial charge in [0.1, 0.15) is 0 Å². The van der Waals surface area contributed by atoms with Crippen LogP contribution in [-0.4, -0.2) is 12.6 Å². The normalized spacial score (nSPS) is 13.3. The Morgan fingerprint density at radius 3 is 2.56 bits per heavy atom. The Labute approximate surface area is 103 Å². The first kappa shape index (κ1) is 13.7. The average molecular weight is 241 g/mol. The topological polar surface area (TPSA) is 21.3 Å². The average Bonchev–Trinajstić information content (AvgIpc) is 2.70. The van der Waals surface area contributed by atoms with Gasteiger partial charge in [-0.2, -0.15) is 0 Å². The van der Waals surface area contributed by atoms with Crippen LogP contribution < -0.4 is 5.32 Å². The summed E-state index contributed by atoms with van der Waals surface area (Å²) < 4.78 is 5.80. The summed E-state index contributed by atoms with van der Waals surface area (Å²) in [5.41, 5.74) is 0. The Morgan fingerprint density at radius 2 is 1.94 bits per heavy atom. The lowest BCUT2D eigenvalue weighted by Gasteiger charge is -2.15. The molecule has 1 aromatic rings. The van der Waals surface area contributed by atoms with Crippen molar-refractivity contribution in [3.63, 3.8) is 0 Å². The highest BCUT2D eigenvalue weighted by Gasteiger charge is 2.08. The van der Waals surface area contributed by atoms with Crippen molar-refractivity contribution < 1.29 is 4.74 Å². The summed E-state index contributed by atoms with van der Waals surface area (Å²) in [5, 5.41) is 3.33. The molecule has 0 spiro atoms. The summed E-state index contributed by atoms with van der Waals surface area (Å²) in [6, 6.07) is 4.36. The lowest BCUT2D eigenvalue weighted by molar-refractivity contribution is 0.0249. The van der Waals surface area contributed by atoms with E-state index in [0.717, 1.165) is 19.7 Å². The first-order valence-electron chi connectivity index (χ1n) is 6.03. The smallest absolute Gasteiger partial charge is 0.0813 e. The molecule has 1 N–H and O–H groups in total. The predicted molar refractivity (Wildman–Crippen MR) is 70.8 cm³/mol. The van der Waals surface area contributed by atoms with Gasteiger partial charge in [0.15, 0.2) is 0 Å². The molecule has 16 heavy (non-hydrogen) atoms. The zero-order valence-electron chi connectivity index (χ0n) is 10.7. The SMILES string of the molecule is CCNCc1ccc(COC(C)C(C)C)s1. The fourth-order valence-corrected chi connectivity index (χ4v) is 2.16. The minimum absolute atomic E-state index is 0.333. The maximum Gasteiger partial charge on any atom is 0.0813 e. The van der Waals surface area contributed by atoms with Crippen molar-refractivity contribution in [2.24, 2.45) is 5.92 Å². The Kier molecular flexibility index (Phi) is 6.03. The fourth-order valence-electron chi connectivity index (χ4n) is 1.25. The zero-order chi connectivity index (χ0) is 12.0. The second kappa shape index (κ2) is 7.05. The standard InChI is InChI=1S/C13H23NOS/c1-5-14-8-12-6-7-13(16-12)9-15-11(4)10(2)3/h6-7,10-11,14H,5,8-9H2,1-4H3. The molecular formula is C13H23NOS. The highest BCUT2D eigenvalue weighted by molar-refractivity contribution is 7.11. The van der Waals surface area contributed by atoms with Crippen molar-refractivity contribution in [3.05, 3.63) is 21.9 Å². The molecule has 1 rings (SSSR count). The van der Waals surface area contributed by atoms with Crippen molar-refractivity contribution >= 4 is 11.3 Å². The van der Waals surface area contributed by atoms with Crippen LogP contribution >= 0.6 is 11.3 Å². The van der Waals surface area contributed by atoms with Crippen LogP contribution in [0.1, 0.15) is 37.4 Å². The maximum absolute atomic E-state index is 5.80. The van der Waals surface area contributed by atoms with E-state index in [0.29, 0.717) is 12.0 Å². The van der Waals surface area contributed by atoms with Crippen LogP contribution in [0.3, 0.4) is 0 Å². The van der Waals surface area contributed by atoms with Gasteiger partial charge in [0, 0.05) is 16.3 Å². The fraction of sp³-hybridized carbons (Fsp3) is 0.692. The maximum atomic E-state index is 5.80. The summed E-state index contributed by atoms with van der Waals surface area (Å²) >= 11 is 1.84. The predicted octanol–water partition coefficient (Wildman–Crippen LogP) is 3.42. The molecule has 1 atom stereocenters. The minimum Gasteiger partial charge on any atom is -0.373 e. The molecule has 0 aliphatic heterocycles. The van der Waals surface area contributed by atoms with Crippen molar-refractivity contribution in [2.75, 3.05) is 6.54 Å². The van der Waals surface area contributed by atoms with Crippen LogP contribution in [0.5, 0.6) is 0 Å². The van der Waals surface area contributed by atoms with Gasteiger partial charge in [-0.15, -0.1) is 11.3 Å². The van der Waals surface area contributed by atoms with E-state index >= 15 is 0 Å². The Hall–Kier alpha value is -0.380. The van der Waals surface area contributed by atoms with Gasteiger partial charge in [0.25, 0.3) is 0 Å². The van der Waals surface area contributed by atoms with Gasteiger partial charge in [-0.3, -0.25) is 0 Å². The van der Waals surface area contributed by atoms with E-state index in [-0.39, 0.29) is 0 Å². The van der Waals surface area contributed by atoms with E-state index in [4.69, 9.17) is 4.74 Å². The summed E-state index contributed by atoms with van der Waals surface area (Å²) in [6.07, 6.45) is 0.333. The van der Waals surface area contributed by atoms with Crippen molar-refractivity contribution in [1.82, 2.24) is 5.32 Å². The molecule has 2 nitrogen and oxygen atoms in total. The van der Waals surface area contributed by atoms with E-state index in [9.17, 15) is 0 Å². The summed E-state index contributed by atoms with van der Waals surface area (Å²) in [7, 11) is 0. The van der Waals surface area contributed by atoms with E-state index in [1.165, 1.54) is 9.75 Å². The Bertz CT molecular complexity index is 296. The van der Waals surface area contributed by atoms with Crippen LogP contribution in [-0.2, 0) is 17.9 Å². The quantitative estimate of drug-likeness (QED) is 0.790. The van der Waals surface area contributed by atoms with Gasteiger partial charge in [-0.05, 0) is 31.5 Å². The highest BCUT2D eigenvalue weighted by Crippen LogP contribution is 2.18. The number of nitrogens with one attached hydrogen (secondary N) is 1. The number of hydrogen-bond acceptors (Lipinski definition) is 3. The second-order valence-electron chi connectivity index (χ2n) is 4.41. The molecule has 3 heteroatoms. The van der Waals surface area contributed by atoms with Crippen LogP contribution in [0.2, 0.25) is 0 Å². The molecule has 0 aliphatic carbocycles. The molecule has 1 aromatic heterocycles. The van der Waals surface area contributed by atoms with Gasteiger partial charge in [-0.1, -0.05) is 20.8 Å². The van der Waals surface area contributed by atoms with Crippen molar-refractivity contribution in [3.8, 4) is 0 Å². The molecular weight excluding hydrogens is 218 g/mol. The number of rotatable bonds is 7. The molecule has 0 radical (unpaired) electrons. The monoisotopic (exact) mass is 241 g/mol. The molecule has 1 heterocycles. The van der Waals surface area contributed by atoms with Gasteiger partial charge in [0.2, 0.25) is 0 Å².